The Morgan fingerprint density at radius 1 is 0.451 bits per heavy atom. The molecule has 0 heterocycles. The van der Waals surface area contributed by atoms with Gasteiger partial charge in [-0.25, -0.2) is 0 Å². The standard InChI is InChI=1S/C26H30.C25H28/c1-3-5-6-22-13-17-25(18-14-22)26-19-15-24(16-20-26)12-11-23-9-7-21(4-2)8-10-23;1-3-5-21-12-16-24(17-13-21)25-18-14-23(15-19-25)11-10-22-8-6-20(4-2)7-9-22/h7-10,13-15,17-18,26H,3-6,16,19-20H2,1-2H3;6-9,12-14,16-17,25H,3-5,15,18-19H2,1-2H3. The number of rotatable bonds is 9. The highest BCUT2D eigenvalue weighted by atomic mass is 14.2. The fraction of sp³-hybridized carbons (Fsp3) is 0.373. The van der Waals surface area contributed by atoms with Crippen LogP contribution in [-0.4, -0.2) is 0 Å². The topological polar surface area (TPSA) is 0 Å². The summed E-state index contributed by atoms with van der Waals surface area (Å²) in [7, 11) is 0. The average Bonchev–Trinajstić information content (AvgIpc) is 3.20. The minimum absolute atomic E-state index is 0.657. The SMILES string of the molecule is CCCCc1ccc(C2CC=C(C#Cc3ccc(CC)cc3)CC2)cc1.CCCc1ccc(C2CC=C(C#Cc3ccc(CC)cc3)CC2)cc1. The van der Waals surface area contributed by atoms with E-state index in [2.05, 4.69) is 161 Å². The first kappa shape index (κ1) is 37.7. The summed E-state index contributed by atoms with van der Waals surface area (Å²) in [5.41, 5.74) is 13.5. The van der Waals surface area contributed by atoms with E-state index in [1.807, 2.05) is 0 Å². The van der Waals surface area contributed by atoms with E-state index >= 15 is 0 Å². The Morgan fingerprint density at radius 2 is 0.863 bits per heavy atom. The molecule has 0 bridgehead atoms. The van der Waals surface area contributed by atoms with Crippen LogP contribution in [0, 0.1) is 23.7 Å². The first-order valence-electron chi connectivity index (χ1n) is 19.8. The number of unbranched alkanes of at least 4 members (excludes halogenated alkanes) is 1. The third-order valence-electron chi connectivity index (χ3n) is 10.5. The van der Waals surface area contributed by atoms with Crippen molar-refractivity contribution in [2.75, 3.05) is 0 Å². The van der Waals surface area contributed by atoms with Gasteiger partial charge in [0.2, 0.25) is 0 Å². The maximum atomic E-state index is 3.39. The monoisotopic (exact) mass is 670 g/mol. The molecule has 2 unspecified atom stereocenters. The minimum atomic E-state index is 0.657. The second kappa shape index (κ2) is 20.4. The highest BCUT2D eigenvalue weighted by molar-refractivity contribution is 5.44. The molecule has 0 amide bonds. The van der Waals surface area contributed by atoms with Crippen LogP contribution in [0.1, 0.15) is 142 Å². The van der Waals surface area contributed by atoms with E-state index < -0.39 is 0 Å². The molecule has 51 heavy (non-hydrogen) atoms. The zero-order chi connectivity index (χ0) is 35.7. The Bertz CT molecular complexity index is 1820. The van der Waals surface area contributed by atoms with Crippen molar-refractivity contribution < 1.29 is 0 Å². The normalized spacial score (nSPS) is 16.6. The number of benzene rings is 4. The summed E-state index contributed by atoms with van der Waals surface area (Å²) in [6, 6.07) is 35.9. The maximum Gasteiger partial charge on any atom is 0.0249 e. The van der Waals surface area contributed by atoms with Crippen LogP contribution in [-0.2, 0) is 25.7 Å². The summed E-state index contributed by atoms with van der Waals surface area (Å²) in [6.45, 7) is 8.86. The molecule has 0 N–H and O–H groups in total. The van der Waals surface area contributed by atoms with Gasteiger partial charge in [0.05, 0.1) is 0 Å². The summed E-state index contributed by atoms with van der Waals surface area (Å²) in [5.74, 6) is 14.7. The molecule has 4 aromatic carbocycles. The van der Waals surface area contributed by atoms with Crippen molar-refractivity contribution in [2.45, 2.75) is 123 Å². The second-order valence-electron chi connectivity index (χ2n) is 14.3. The van der Waals surface area contributed by atoms with Gasteiger partial charge >= 0.3 is 0 Å². The van der Waals surface area contributed by atoms with Gasteiger partial charge in [0.25, 0.3) is 0 Å². The predicted molar refractivity (Wildman–Crippen MR) is 220 cm³/mol. The van der Waals surface area contributed by atoms with Crippen molar-refractivity contribution in [1.29, 1.82) is 0 Å². The van der Waals surface area contributed by atoms with Crippen LogP contribution < -0.4 is 0 Å². The Hall–Kier alpha value is -4.52. The Kier molecular flexibility index (Phi) is 15.1. The lowest BCUT2D eigenvalue weighted by Gasteiger charge is -2.20. The molecular weight excluding hydrogens is 613 g/mol. The largest absolute Gasteiger partial charge is 0.0723 e. The Morgan fingerprint density at radius 3 is 1.22 bits per heavy atom. The van der Waals surface area contributed by atoms with Crippen molar-refractivity contribution in [1.82, 2.24) is 0 Å². The van der Waals surface area contributed by atoms with Gasteiger partial charge in [-0.3, -0.25) is 0 Å². The number of hydrogen-bond acceptors (Lipinski definition) is 0. The summed E-state index contributed by atoms with van der Waals surface area (Å²) in [5, 5.41) is 0. The molecular formula is C51H58. The van der Waals surface area contributed by atoms with Crippen molar-refractivity contribution in [3.63, 3.8) is 0 Å². The zero-order valence-electron chi connectivity index (χ0n) is 31.7. The van der Waals surface area contributed by atoms with Crippen molar-refractivity contribution in [3.8, 4) is 23.7 Å². The molecule has 4 aromatic rings. The highest BCUT2D eigenvalue weighted by Crippen LogP contribution is 2.33. The van der Waals surface area contributed by atoms with Gasteiger partial charge < -0.3 is 0 Å². The van der Waals surface area contributed by atoms with Gasteiger partial charge in [0, 0.05) is 11.1 Å². The van der Waals surface area contributed by atoms with Gasteiger partial charge in [-0.05, 0) is 151 Å². The fourth-order valence-electron chi connectivity index (χ4n) is 7.04. The van der Waals surface area contributed by atoms with E-state index in [1.165, 1.54) is 89.5 Å². The summed E-state index contributed by atoms with van der Waals surface area (Å²) in [6.07, 6.45) is 19.9. The zero-order valence-corrected chi connectivity index (χ0v) is 31.7. The van der Waals surface area contributed by atoms with Crippen molar-refractivity contribution in [2.24, 2.45) is 0 Å². The second-order valence-corrected chi connectivity index (χ2v) is 14.3. The molecule has 262 valence electrons. The van der Waals surface area contributed by atoms with Crippen LogP contribution in [0.4, 0.5) is 0 Å². The fourth-order valence-corrected chi connectivity index (χ4v) is 7.04. The molecule has 6 rings (SSSR count). The molecule has 0 saturated heterocycles. The molecule has 2 atom stereocenters. The number of aryl methyl sites for hydroxylation is 4. The van der Waals surface area contributed by atoms with Gasteiger partial charge in [-0.2, -0.15) is 0 Å². The summed E-state index contributed by atoms with van der Waals surface area (Å²) < 4.78 is 0. The molecule has 2 aliphatic rings. The lowest BCUT2D eigenvalue weighted by atomic mass is 9.84. The minimum Gasteiger partial charge on any atom is -0.0723 e. The smallest absolute Gasteiger partial charge is 0.0249 e. The van der Waals surface area contributed by atoms with E-state index in [-0.39, 0.29) is 0 Å². The van der Waals surface area contributed by atoms with E-state index in [4.69, 9.17) is 0 Å². The number of hydrogen-bond donors (Lipinski definition) is 0. The van der Waals surface area contributed by atoms with E-state index in [0.717, 1.165) is 49.7 Å². The lowest BCUT2D eigenvalue weighted by molar-refractivity contribution is 0.607. The molecule has 2 aliphatic carbocycles. The van der Waals surface area contributed by atoms with Crippen molar-refractivity contribution >= 4 is 0 Å². The third kappa shape index (κ3) is 12.0. The van der Waals surface area contributed by atoms with Crippen molar-refractivity contribution in [3.05, 3.63) is 165 Å². The average molecular weight is 671 g/mol. The van der Waals surface area contributed by atoms with Gasteiger partial charge in [0.15, 0.2) is 0 Å². The van der Waals surface area contributed by atoms with Crippen LogP contribution in [0.2, 0.25) is 0 Å². The molecule has 0 spiro atoms. The van der Waals surface area contributed by atoms with Crippen LogP contribution in [0.3, 0.4) is 0 Å². The maximum absolute atomic E-state index is 3.39. The molecule has 0 heteroatoms. The van der Waals surface area contributed by atoms with E-state index in [1.54, 1.807) is 0 Å². The van der Waals surface area contributed by atoms with Gasteiger partial charge in [0.1, 0.15) is 0 Å². The molecule has 0 fully saturated rings. The molecule has 0 aromatic heterocycles. The first-order valence-corrected chi connectivity index (χ1v) is 19.8. The predicted octanol–water partition coefficient (Wildman–Crippen LogP) is 13.3. The number of allylic oxidation sites excluding steroid dienone is 4. The summed E-state index contributed by atoms with van der Waals surface area (Å²) >= 11 is 0. The van der Waals surface area contributed by atoms with E-state index in [9.17, 15) is 0 Å². The highest BCUT2D eigenvalue weighted by Gasteiger charge is 2.16. The van der Waals surface area contributed by atoms with Crippen LogP contribution in [0.5, 0.6) is 0 Å². The van der Waals surface area contributed by atoms with Crippen LogP contribution in [0.25, 0.3) is 0 Å². The molecule has 0 aliphatic heterocycles. The Labute approximate surface area is 310 Å². The first-order chi connectivity index (χ1) is 25.1. The van der Waals surface area contributed by atoms with E-state index in [0.29, 0.717) is 11.8 Å². The lowest BCUT2D eigenvalue weighted by Crippen LogP contribution is -2.04. The molecule has 0 radical (unpaired) electrons. The van der Waals surface area contributed by atoms with Gasteiger partial charge in [-0.15, -0.1) is 0 Å². The summed E-state index contributed by atoms with van der Waals surface area (Å²) in [4.78, 5) is 0. The third-order valence-corrected chi connectivity index (χ3v) is 10.5. The van der Waals surface area contributed by atoms with Crippen LogP contribution >= 0.6 is 0 Å². The molecule has 0 nitrogen and oxygen atoms in total. The van der Waals surface area contributed by atoms with Gasteiger partial charge in [-0.1, -0.05) is 149 Å². The van der Waals surface area contributed by atoms with Crippen LogP contribution in [0.15, 0.2) is 120 Å². The Balaban J connectivity index is 0.000000198. The quantitative estimate of drug-likeness (QED) is 0.156. The molecule has 0 saturated carbocycles.